The van der Waals surface area contributed by atoms with Crippen molar-refractivity contribution in [1.29, 1.82) is 0 Å². The van der Waals surface area contributed by atoms with E-state index in [9.17, 15) is 23.1 Å². The molecule has 0 spiro atoms. The summed E-state index contributed by atoms with van der Waals surface area (Å²) in [5.74, 6) is 0. The van der Waals surface area contributed by atoms with Crippen LogP contribution in [0.4, 0.5) is 23.7 Å². The Balaban J connectivity index is 2.35. The van der Waals surface area contributed by atoms with Gasteiger partial charge in [-0.25, -0.2) is 4.79 Å². The van der Waals surface area contributed by atoms with Gasteiger partial charge in [-0.1, -0.05) is 41.9 Å². The summed E-state index contributed by atoms with van der Waals surface area (Å²) >= 11 is 5.78. The third kappa shape index (κ3) is 6.00. The molecule has 0 heterocycles. The lowest BCUT2D eigenvalue weighted by Gasteiger charge is -2.29. The van der Waals surface area contributed by atoms with Crippen molar-refractivity contribution >= 4 is 29.5 Å². The number of alkyl halides is 3. The van der Waals surface area contributed by atoms with Crippen LogP contribution in [0.3, 0.4) is 0 Å². The Morgan fingerprint density at radius 3 is 2.20 bits per heavy atom. The summed E-state index contributed by atoms with van der Waals surface area (Å²) in [6.07, 6.45) is -3.84. The number of benzene rings is 2. The summed E-state index contributed by atoms with van der Waals surface area (Å²) in [5, 5.41) is 13.5. The van der Waals surface area contributed by atoms with Crippen LogP contribution in [-0.4, -0.2) is 23.0 Å². The zero-order valence-corrected chi connectivity index (χ0v) is 17.7. The average Bonchev–Trinajstić information content (AvgIpc) is 2.60. The Bertz CT molecular complexity index is 934. The van der Waals surface area contributed by atoms with Crippen molar-refractivity contribution in [3.05, 3.63) is 70.3 Å². The lowest BCUT2D eigenvalue weighted by molar-refractivity contribution is -0.244. The molecule has 8 heteroatoms. The van der Waals surface area contributed by atoms with Gasteiger partial charge in [-0.2, -0.15) is 13.2 Å². The van der Waals surface area contributed by atoms with Gasteiger partial charge in [0.2, 0.25) is 5.60 Å². The molecule has 2 rings (SSSR count). The second-order valence-corrected chi connectivity index (χ2v) is 8.24. The van der Waals surface area contributed by atoms with Crippen LogP contribution in [0.15, 0.2) is 48.5 Å². The van der Waals surface area contributed by atoms with E-state index >= 15 is 0 Å². The maximum absolute atomic E-state index is 13.8. The van der Waals surface area contributed by atoms with Crippen molar-refractivity contribution in [2.75, 3.05) is 5.32 Å². The lowest BCUT2D eigenvalue weighted by atomic mass is 9.90. The molecular weight excluding hydrogens is 419 g/mol. The normalized spacial score (nSPS) is 14.4. The van der Waals surface area contributed by atoms with Crippen LogP contribution in [0.1, 0.15) is 37.5 Å². The van der Waals surface area contributed by atoms with Gasteiger partial charge in [0.05, 0.1) is 0 Å². The van der Waals surface area contributed by atoms with Gasteiger partial charge in [0.15, 0.2) is 0 Å². The highest BCUT2D eigenvalue weighted by atomic mass is 35.5. The Hall–Kier alpha value is -2.51. The fraction of sp³-hybridized carbons (Fsp3) is 0.318. The van der Waals surface area contributed by atoms with Gasteiger partial charge in [-0.15, -0.1) is 0 Å². The highest BCUT2D eigenvalue weighted by Crippen LogP contribution is 2.41. The van der Waals surface area contributed by atoms with E-state index in [0.29, 0.717) is 22.2 Å². The predicted molar refractivity (Wildman–Crippen MR) is 111 cm³/mol. The second-order valence-electron chi connectivity index (χ2n) is 7.81. The quantitative estimate of drug-likeness (QED) is 0.572. The van der Waals surface area contributed by atoms with E-state index in [1.165, 1.54) is 49.4 Å². The number of hydrogen-bond acceptors (Lipinski definition) is 3. The molecule has 0 radical (unpaired) electrons. The van der Waals surface area contributed by atoms with E-state index in [2.05, 4.69) is 5.32 Å². The number of hydrogen-bond donors (Lipinski definition) is 2. The topological polar surface area (TPSA) is 58.6 Å². The van der Waals surface area contributed by atoms with Gasteiger partial charge < -0.3 is 9.84 Å². The molecule has 0 aliphatic carbocycles. The van der Waals surface area contributed by atoms with Crippen molar-refractivity contribution in [1.82, 2.24) is 0 Å². The Kier molecular flexibility index (Phi) is 6.89. The van der Waals surface area contributed by atoms with E-state index in [1.54, 1.807) is 20.8 Å². The van der Waals surface area contributed by atoms with Gasteiger partial charge in [-0.05, 0) is 68.7 Å². The minimum absolute atomic E-state index is 0.277. The molecule has 0 aliphatic rings. The molecule has 2 aromatic carbocycles. The number of nitrogens with one attached hydrogen (secondary N) is 1. The maximum Gasteiger partial charge on any atom is 0.425 e. The molecule has 1 atom stereocenters. The number of amides is 1. The zero-order valence-electron chi connectivity index (χ0n) is 17.0. The average molecular weight is 442 g/mol. The standard InChI is InChI=1S/C22H23ClF3NO3/c1-14-13-16(7-10-18(14)27-19(28)30-20(2,3)4)21(29,22(24,25)26)12-11-15-5-8-17(23)9-6-15/h5-13,29H,1-4H3,(H,27,28)/b12-11+. The molecule has 0 fully saturated rings. The minimum atomic E-state index is -4.97. The molecule has 1 unspecified atom stereocenters. The third-order valence-corrected chi connectivity index (χ3v) is 4.37. The predicted octanol–water partition coefficient (Wildman–Crippen LogP) is 6.46. The van der Waals surface area contributed by atoms with Crippen LogP contribution in [0.25, 0.3) is 6.08 Å². The Morgan fingerprint density at radius 2 is 1.70 bits per heavy atom. The SMILES string of the molecule is Cc1cc(C(O)(/C=C/c2ccc(Cl)cc2)C(F)(F)F)ccc1NC(=O)OC(C)(C)C. The molecule has 2 aromatic rings. The summed E-state index contributed by atoms with van der Waals surface area (Å²) in [4.78, 5) is 11.9. The molecule has 1 amide bonds. The van der Waals surface area contributed by atoms with Gasteiger partial charge in [0.1, 0.15) is 5.60 Å². The molecule has 0 aromatic heterocycles. The fourth-order valence-corrected chi connectivity index (χ4v) is 2.73. The number of rotatable bonds is 4. The number of ether oxygens (including phenoxy) is 1. The fourth-order valence-electron chi connectivity index (χ4n) is 2.60. The first-order valence-corrected chi connectivity index (χ1v) is 9.44. The molecule has 0 aliphatic heterocycles. The van der Waals surface area contributed by atoms with Gasteiger partial charge in [0, 0.05) is 10.7 Å². The van der Waals surface area contributed by atoms with Crippen molar-refractivity contribution in [2.24, 2.45) is 0 Å². The summed E-state index contributed by atoms with van der Waals surface area (Å²) in [5.41, 5.74) is -3.27. The number of aryl methyl sites for hydroxylation is 1. The number of halogens is 4. The van der Waals surface area contributed by atoms with Crippen molar-refractivity contribution in [2.45, 2.75) is 45.1 Å². The Labute approximate surface area is 178 Å². The van der Waals surface area contributed by atoms with E-state index in [4.69, 9.17) is 16.3 Å². The smallest absolute Gasteiger partial charge is 0.425 e. The molecule has 0 saturated heterocycles. The molecule has 0 bridgehead atoms. The van der Waals surface area contributed by atoms with Crippen LogP contribution in [0.5, 0.6) is 0 Å². The summed E-state index contributed by atoms with van der Waals surface area (Å²) in [6, 6.07) is 9.72. The molecule has 162 valence electrons. The Morgan fingerprint density at radius 1 is 1.10 bits per heavy atom. The second kappa shape index (κ2) is 8.70. The van der Waals surface area contributed by atoms with Crippen LogP contribution in [0, 0.1) is 6.92 Å². The van der Waals surface area contributed by atoms with Crippen LogP contribution >= 0.6 is 11.6 Å². The van der Waals surface area contributed by atoms with Crippen molar-refractivity contribution in [3.63, 3.8) is 0 Å². The first-order valence-electron chi connectivity index (χ1n) is 9.06. The minimum Gasteiger partial charge on any atom is -0.444 e. The monoisotopic (exact) mass is 441 g/mol. The third-order valence-electron chi connectivity index (χ3n) is 4.12. The number of aliphatic hydroxyl groups is 1. The van der Waals surface area contributed by atoms with Gasteiger partial charge in [-0.3, -0.25) is 5.32 Å². The van der Waals surface area contributed by atoms with E-state index in [1.807, 2.05) is 0 Å². The van der Waals surface area contributed by atoms with Crippen LogP contribution in [0.2, 0.25) is 5.02 Å². The van der Waals surface area contributed by atoms with E-state index in [-0.39, 0.29) is 11.3 Å². The van der Waals surface area contributed by atoms with Crippen LogP contribution in [-0.2, 0) is 10.3 Å². The zero-order chi connectivity index (χ0) is 22.7. The van der Waals surface area contributed by atoms with Gasteiger partial charge >= 0.3 is 12.3 Å². The molecule has 30 heavy (non-hydrogen) atoms. The molecular formula is C22H23ClF3NO3. The molecule has 2 N–H and O–H groups in total. The first-order chi connectivity index (χ1) is 13.7. The summed E-state index contributed by atoms with van der Waals surface area (Å²) in [6.45, 7) is 6.60. The number of anilines is 1. The number of carbonyl (C=O) groups is 1. The van der Waals surface area contributed by atoms with Crippen LogP contribution < -0.4 is 5.32 Å². The maximum atomic E-state index is 13.8. The summed E-state index contributed by atoms with van der Waals surface area (Å²) < 4.78 is 46.5. The van der Waals surface area contributed by atoms with E-state index < -0.39 is 23.5 Å². The van der Waals surface area contributed by atoms with Crippen molar-refractivity contribution < 1.29 is 27.8 Å². The molecule has 0 saturated carbocycles. The largest absolute Gasteiger partial charge is 0.444 e. The van der Waals surface area contributed by atoms with Gasteiger partial charge in [0.25, 0.3) is 0 Å². The highest BCUT2D eigenvalue weighted by molar-refractivity contribution is 6.30. The number of carbonyl (C=O) groups excluding carboxylic acids is 1. The van der Waals surface area contributed by atoms with E-state index in [0.717, 1.165) is 6.07 Å². The first kappa shape index (κ1) is 23.8. The lowest BCUT2D eigenvalue weighted by Crippen LogP contribution is -2.40. The summed E-state index contributed by atoms with van der Waals surface area (Å²) in [7, 11) is 0. The molecule has 4 nitrogen and oxygen atoms in total. The van der Waals surface area contributed by atoms with Crippen molar-refractivity contribution in [3.8, 4) is 0 Å². The highest BCUT2D eigenvalue weighted by Gasteiger charge is 2.53.